The molecule has 0 aliphatic carbocycles. The minimum atomic E-state index is -0.153. The molecule has 2 N–H and O–H groups in total. The quantitative estimate of drug-likeness (QED) is 0.851. The minimum absolute atomic E-state index is 0.153. The van der Waals surface area contributed by atoms with Gasteiger partial charge in [-0.25, -0.2) is 0 Å². The largest absolute Gasteiger partial charge is 0.383 e. The van der Waals surface area contributed by atoms with Gasteiger partial charge in [0.25, 0.3) is 5.56 Å². The number of hydrogen-bond acceptors (Lipinski definition) is 3. The van der Waals surface area contributed by atoms with Gasteiger partial charge in [-0.15, -0.1) is 0 Å². The van der Waals surface area contributed by atoms with Crippen molar-refractivity contribution in [3.63, 3.8) is 0 Å². The average Bonchev–Trinajstić information content (AvgIpc) is 2.87. The standard InChI is InChI=1S/C14H16N2O2/c17-14-9-13(18-16-14)11-6-7-15-12(8-11)10-4-2-1-3-5-10/h1-5,9,11-12,15H,6-8H2,(H,16,17). The van der Waals surface area contributed by atoms with Crippen LogP contribution in [-0.4, -0.2) is 11.7 Å². The van der Waals surface area contributed by atoms with Crippen molar-refractivity contribution in [3.8, 4) is 0 Å². The lowest BCUT2D eigenvalue weighted by atomic mass is 9.87. The van der Waals surface area contributed by atoms with Crippen molar-refractivity contribution in [2.24, 2.45) is 0 Å². The Bertz CT molecular complexity index is 558. The number of rotatable bonds is 2. The number of nitrogens with one attached hydrogen (secondary N) is 2. The summed E-state index contributed by atoms with van der Waals surface area (Å²) in [6.07, 6.45) is 1.97. The molecule has 0 radical (unpaired) electrons. The van der Waals surface area contributed by atoms with Crippen molar-refractivity contribution in [3.05, 3.63) is 58.1 Å². The fourth-order valence-electron chi connectivity index (χ4n) is 2.61. The summed E-state index contributed by atoms with van der Waals surface area (Å²) in [4.78, 5) is 11.1. The second-order valence-corrected chi connectivity index (χ2v) is 4.75. The van der Waals surface area contributed by atoms with Crippen LogP contribution in [0.5, 0.6) is 0 Å². The highest BCUT2D eigenvalue weighted by Gasteiger charge is 2.26. The molecule has 0 saturated carbocycles. The van der Waals surface area contributed by atoms with Gasteiger partial charge in [-0.3, -0.25) is 4.79 Å². The molecule has 1 aliphatic rings. The molecular weight excluding hydrogens is 228 g/mol. The smallest absolute Gasteiger partial charge is 0.280 e. The summed E-state index contributed by atoms with van der Waals surface area (Å²) < 4.78 is 5.22. The summed E-state index contributed by atoms with van der Waals surface area (Å²) in [6, 6.07) is 12.3. The molecular formula is C14H16N2O2. The molecule has 1 aromatic carbocycles. The van der Waals surface area contributed by atoms with Crippen molar-refractivity contribution >= 4 is 0 Å². The van der Waals surface area contributed by atoms with E-state index in [0.29, 0.717) is 12.0 Å². The predicted molar refractivity (Wildman–Crippen MR) is 68.5 cm³/mol. The highest BCUT2D eigenvalue weighted by Crippen LogP contribution is 2.33. The zero-order valence-corrected chi connectivity index (χ0v) is 10.1. The van der Waals surface area contributed by atoms with E-state index in [1.807, 2.05) is 6.07 Å². The Labute approximate surface area is 105 Å². The fourth-order valence-corrected chi connectivity index (χ4v) is 2.61. The third kappa shape index (κ3) is 2.24. The maximum absolute atomic E-state index is 11.1. The van der Waals surface area contributed by atoms with E-state index < -0.39 is 0 Å². The molecule has 4 heteroatoms. The highest BCUT2D eigenvalue weighted by atomic mass is 16.5. The summed E-state index contributed by atoms with van der Waals surface area (Å²) in [5.41, 5.74) is 1.14. The topological polar surface area (TPSA) is 58.0 Å². The molecule has 1 aliphatic heterocycles. The van der Waals surface area contributed by atoms with Gasteiger partial charge in [0.05, 0.1) is 0 Å². The Balaban J connectivity index is 1.78. The van der Waals surface area contributed by atoms with Gasteiger partial charge in [-0.2, -0.15) is 5.16 Å². The monoisotopic (exact) mass is 244 g/mol. The van der Waals surface area contributed by atoms with Crippen molar-refractivity contribution in [2.45, 2.75) is 24.8 Å². The number of aromatic amines is 1. The summed E-state index contributed by atoms with van der Waals surface area (Å²) >= 11 is 0. The SMILES string of the molecule is O=c1cc(C2CCNC(c3ccccc3)C2)o[nH]1. The van der Waals surface area contributed by atoms with Crippen molar-refractivity contribution in [1.82, 2.24) is 10.5 Å². The number of piperidine rings is 1. The maximum Gasteiger partial charge on any atom is 0.280 e. The molecule has 1 saturated heterocycles. The summed E-state index contributed by atoms with van der Waals surface area (Å²) in [7, 11) is 0. The van der Waals surface area contributed by atoms with Crippen LogP contribution >= 0.6 is 0 Å². The first kappa shape index (κ1) is 11.3. The third-order valence-electron chi connectivity index (χ3n) is 3.55. The van der Waals surface area contributed by atoms with Crippen LogP contribution in [0.1, 0.15) is 36.1 Å². The van der Waals surface area contributed by atoms with E-state index in [9.17, 15) is 4.79 Å². The lowest BCUT2D eigenvalue weighted by Gasteiger charge is -2.29. The van der Waals surface area contributed by atoms with Crippen molar-refractivity contribution in [1.29, 1.82) is 0 Å². The van der Waals surface area contributed by atoms with E-state index in [0.717, 1.165) is 25.1 Å². The van der Waals surface area contributed by atoms with E-state index in [2.05, 4.69) is 34.7 Å². The molecule has 0 spiro atoms. The van der Waals surface area contributed by atoms with Crippen LogP contribution in [0.4, 0.5) is 0 Å². The van der Waals surface area contributed by atoms with Crippen LogP contribution in [0.15, 0.2) is 45.7 Å². The van der Waals surface area contributed by atoms with E-state index in [1.54, 1.807) is 6.07 Å². The lowest BCUT2D eigenvalue weighted by Crippen LogP contribution is -2.30. The van der Waals surface area contributed by atoms with E-state index >= 15 is 0 Å². The Hall–Kier alpha value is -1.81. The molecule has 0 amide bonds. The van der Waals surface area contributed by atoms with E-state index in [-0.39, 0.29) is 5.56 Å². The molecule has 94 valence electrons. The van der Waals surface area contributed by atoms with Gasteiger partial charge in [-0.1, -0.05) is 30.3 Å². The highest BCUT2D eigenvalue weighted by molar-refractivity contribution is 5.20. The second-order valence-electron chi connectivity index (χ2n) is 4.75. The Kier molecular flexibility index (Phi) is 3.02. The molecule has 4 nitrogen and oxygen atoms in total. The van der Waals surface area contributed by atoms with Crippen LogP contribution in [-0.2, 0) is 0 Å². The van der Waals surface area contributed by atoms with E-state index in [4.69, 9.17) is 4.52 Å². The van der Waals surface area contributed by atoms with Gasteiger partial charge in [-0.05, 0) is 24.9 Å². The summed E-state index contributed by atoms with van der Waals surface area (Å²) in [5.74, 6) is 1.10. The van der Waals surface area contributed by atoms with Crippen molar-refractivity contribution < 1.29 is 4.52 Å². The zero-order valence-electron chi connectivity index (χ0n) is 10.1. The van der Waals surface area contributed by atoms with Crippen LogP contribution in [0.2, 0.25) is 0 Å². The van der Waals surface area contributed by atoms with Gasteiger partial charge in [0.1, 0.15) is 5.76 Å². The summed E-state index contributed by atoms with van der Waals surface area (Å²) in [5, 5.41) is 5.88. The molecule has 0 bridgehead atoms. The molecule has 2 heterocycles. The Morgan fingerprint density at radius 2 is 2.06 bits per heavy atom. The minimum Gasteiger partial charge on any atom is -0.383 e. The average molecular weight is 244 g/mol. The number of benzene rings is 1. The van der Waals surface area contributed by atoms with Gasteiger partial charge in [0.15, 0.2) is 0 Å². The van der Waals surface area contributed by atoms with Gasteiger partial charge in [0, 0.05) is 18.0 Å². The first-order valence-corrected chi connectivity index (χ1v) is 6.29. The molecule has 1 fully saturated rings. The first-order chi connectivity index (χ1) is 8.83. The van der Waals surface area contributed by atoms with Gasteiger partial charge < -0.3 is 9.84 Å². The molecule has 3 rings (SSSR count). The third-order valence-corrected chi connectivity index (χ3v) is 3.55. The molecule has 18 heavy (non-hydrogen) atoms. The second kappa shape index (κ2) is 4.82. The van der Waals surface area contributed by atoms with E-state index in [1.165, 1.54) is 5.56 Å². The van der Waals surface area contributed by atoms with Crippen molar-refractivity contribution in [2.75, 3.05) is 6.54 Å². The molecule has 2 unspecified atom stereocenters. The van der Waals surface area contributed by atoms with Gasteiger partial charge in [0.2, 0.25) is 0 Å². The Morgan fingerprint density at radius 3 is 2.78 bits per heavy atom. The lowest BCUT2D eigenvalue weighted by molar-refractivity contribution is 0.295. The predicted octanol–water partition coefficient (Wildman–Crippen LogP) is 2.18. The van der Waals surface area contributed by atoms with Crippen LogP contribution in [0, 0.1) is 0 Å². The Morgan fingerprint density at radius 1 is 1.22 bits per heavy atom. The number of hydrogen-bond donors (Lipinski definition) is 2. The molecule has 1 aromatic heterocycles. The molecule has 2 aromatic rings. The number of aromatic nitrogens is 1. The van der Waals surface area contributed by atoms with Crippen LogP contribution < -0.4 is 10.9 Å². The summed E-state index contributed by atoms with van der Waals surface area (Å²) in [6.45, 7) is 0.944. The maximum atomic E-state index is 11.1. The molecule has 2 atom stereocenters. The fraction of sp³-hybridized carbons (Fsp3) is 0.357. The normalized spacial score (nSPS) is 24.0. The number of H-pyrrole nitrogens is 1. The first-order valence-electron chi connectivity index (χ1n) is 6.29. The van der Waals surface area contributed by atoms with Gasteiger partial charge >= 0.3 is 0 Å². The van der Waals surface area contributed by atoms with Crippen LogP contribution in [0.3, 0.4) is 0 Å². The zero-order chi connectivity index (χ0) is 12.4. The van der Waals surface area contributed by atoms with Crippen LogP contribution in [0.25, 0.3) is 0 Å².